The van der Waals surface area contributed by atoms with Gasteiger partial charge in [-0.15, -0.1) is 0 Å². The first-order valence-electron chi connectivity index (χ1n) is 6.76. The number of rotatable bonds is 1. The second-order valence-electron chi connectivity index (χ2n) is 5.25. The van der Waals surface area contributed by atoms with E-state index in [0.717, 1.165) is 41.9 Å². The number of pyridine rings is 1. The number of nitriles is 1. The summed E-state index contributed by atoms with van der Waals surface area (Å²) in [6.07, 6.45) is 0.833. The number of nitrogen functional groups attached to an aromatic ring is 1. The van der Waals surface area contributed by atoms with Crippen LogP contribution in [-0.4, -0.2) is 23.5 Å². The predicted octanol–water partition coefficient (Wildman–Crippen LogP) is 2.84. The molecule has 1 aliphatic rings. The smallest absolute Gasteiger partial charge is 0.142 e. The van der Waals surface area contributed by atoms with E-state index in [2.05, 4.69) is 23.0 Å². The van der Waals surface area contributed by atoms with Crippen molar-refractivity contribution in [3.63, 3.8) is 0 Å². The summed E-state index contributed by atoms with van der Waals surface area (Å²) in [5.74, 6) is 0.288. The highest BCUT2D eigenvalue weighted by Gasteiger charge is 2.24. The lowest BCUT2D eigenvalue weighted by atomic mass is 9.91. The highest BCUT2D eigenvalue weighted by atomic mass is 35.5. The molecule has 21 heavy (non-hydrogen) atoms. The summed E-state index contributed by atoms with van der Waals surface area (Å²) < 4.78 is 0. The Balaban J connectivity index is 2.35. The first-order valence-corrected chi connectivity index (χ1v) is 7.14. The van der Waals surface area contributed by atoms with Gasteiger partial charge >= 0.3 is 0 Å². The van der Waals surface area contributed by atoms with Crippen LogP contribution in [0.25, 0.3) is 11.1 Å². The number of likely N-dealkylation sites (N-methyl/N-ethyl adjacent to an activating group) is 1. The summed E-state index contributed by atoms with van der Waals surface area (Å²) >= 11 is 6.33. The maximum absolute atomic E-state index is 9.49. The normalized spacial score (nSPS) is 14.5. The van der Waals surface area contributed by atoms with Crippen LogP contribution >= 0.6 is 11.6 Å². The largest absolute Gasteiger partial charge is 0.383 e. The molecule has 2 N–H and O–H groups in total. The Kier molecular flexibility index (Phi) is 3.54. The third-order valence-corrected chi connectivity index (χ3v) is 4.15. The molecule has 2 heterocycles. The molecule has 106 valence electrons. The lowest BCUT2D eigenvalue weighted by molar-refractivity contribution is 0.310. The van der Waals surface area contributed by atoms with Gasteiger partial charge in [-0.05, 0) is 18.7 Å². The minimum atomic E-state index is 0.288. The van der Waals surface area contributed by atoms with Gasteiger partial charge in [0.05, 0.1) is 0 Å². The summed E-state index contributed by atoms with van der Waals surface area (Å²) in [5.41, 5.74) is 10.1. The summed E-state index contributed by atoms with van der Waals surface area (Å²) in [7, 11) is 2.06. The third kappa shape index (κ3) is 2.35. The molecular weight excluding hydrogens is 284 g/mol. The molecule has 0 atom stereocenters. The number of hydrogen-bond donors (Lipinski definition) is 1. The first-order chi connectivity index (χ1) is 10.1. The zero-order chi connectivity index (χ0) is 15.0. The molecule has 1 aromatic heterocycles. The minimum Gasteiger partial charge on any atom is -0.383 e. The van der Waals surface area contributed by atoms with Crippen molar-refractivity contribution >= 4 is 17.4 Å². The van der Waals surface area contributed by atoms with E-state index in [1.165, 1.54) is 0 Å². The van der Waals surface area contributed by atoms with Crippen LogP contribution in [0.3, 0.4) is 0 Å². The third-order valence-electron chi connectivity index (χ3n) is 3.83. The molecule has 0 amide bonds. The fourth-order valence-corrected chi connectivity index (χ4v) is 3.02. The van der Waals surface area contributed by atoms with E-state index in [4.69, 9.17) is 17.3 Å². The molecule has 0 saturated heterocycles. The Bertz CT molecular complexity index is 749. The topological polar surface area (TPSA) is 65.9 Å². The fourth-order valence-electron chi connectivity index (χ4n) is 2.79. The lowest BCUT2D eigenvalue weighted by Gasteiger charge is -2.27. The molecule has 0 aliphatic carbocycles. The quantitative estimate of drug-likeness (QED) is 0.879. The molecule has 2 aromatic rings. The SMILES string of the molecule is CN1CCc2nc(N)c(C#N)c(-c3ccccc3Cl)c2C1. The fraction of sp³-hybridized carbons (Fsp3) is 0.250. The molecule has 1 aliphatic heterocycles. The average molecular weight is 299 g/mol. The van der Waals surface area contributed by atoms with Crippen LogP contribution in [0, 0.1) is 11.3 Å². The summed E-state index contributed by atoms with van der Waals surface area (Å²) in [5, 5.41) is 10.1. The summed E-state index contributed by atoms with van der Waals surface area (Å²) in [6, 6.07) is 9.73. The second kappa shape index (κ2) is 5.36. The standard InChI is InChI=1S/C16H15ClN4/c1-21-7-6-14-12(9-21)15(11(8-18)16(19)20-14)10-4-2-3-5-13(10)17/h2-5H,6-7,9H2,1H3,(H2,19,20). The number of nitrogens with zero attached hydrogens (tertiary/aromatic N) is 3. The van der Waals surface area contributed by atoms with Crippen molar-refractivity contribution in [1.82, 2.24) is 9.88 Å². The Morgan fingerprint density at radius 3 is 2.86 bits per heavy atom. The van der Waals surface area contributed by atoms with E-state index in [0.29, 0.717) is 10.6 Å². The van der Waals surface area contributed by atoms with E-state index in [1.54, 1.807) is 0 Å². The molecule has 5 heteroatoms. The number of hydrogen-bond acceptors (Lipinski definition) is 4. The van der Waals surface area contributed by atoms with Crippen molar-refractivity contribution in [3.05, 3.63) is 46.1 Å². The molecular formula is C16H15ClN4. The number of nitrogens with two attached hydrogens (primary N) is 1. The highest BCUT2D eigenvalue weighted by Crippen LogP contribution is 2.37. The first kappa shape index (κ1) is 13.9. The van der Waals surface area contributed by atoms with Gasteiger partial charge in [-0.25, -0.2) is 4.98 Å². The number of aromatic nitrogens is 1. The van der Waals surface area contributed by atoms with Crippen LogP contribution in [0.5, 0.6) is 0 Å². The molecule has 4 nitrogen and oxygen atoms in total. The Hall–Kier alpha value is -2.09. The number of fused-ring (bicyclic) bond motifs is 1. The number of benzene rings is 1. The maximum Gasteiger partial charge on any atom is 0.142 e. The summed E-state index contributed by atoms with van der Waals surface area (Å²) in [4.78, 5) is 6.63. The Morgan fingerprint density at radius 2 is 2.14 bits per heavy atom. The maximum atomic E-state index is 9.49. The van der Waals surface area contributed by atoms with Crippen molar-refractivity contribution in [2.75, 3.05) is 19.3 Å². The van der Waals surface area contributed by atoms with Gasteiger partial charge in [0.25, 0.3) is 0 Å². The molecule has 1 aromatic carbocycles. The van der Waals surface area contributed by atoms with Crippen molar-refractivity contribution in [2.24, 2.45) is 0 Å². The van der Waals surface area contributed by atoms with E-state index in [9.17, 15) is 5.26 Å². The Morgan fingerprint density at radius 1 is 1.38 bits per heavy atom. The van der Waals surface area contributed by atoms with Gasteiger partial charge in [0, 0.05) is 41.4 Å². The molecule has 0 fully saturated rings. The van der Waals surface area contributed by atoms with Gasteiger partial charge in [-0.3, -0.25) is 0 Å². The monoisotopic (exact) mass is 298 g/mol. The van der Waals surface area contributed by atoms with Gasteiger partial charge < -0.3 is 10.6 Å². The van der Waals surface area contributed by atoms with Gasteiger partial charge in [0.15, 0.2) is 0 Å². The van der Waals surface area contributed by atoms with Crippen LogP contribution in [-0.2, 0) is 13.0 Å². The van der Waals surface area contributed by atoms with Gasteiger partial charge in [-0.2, -0.15) is 5.26 Å². The zero-order valence-electron chi connectivity index (χ0n) is 11.7. The van der Waals surface area contributed by atoms with Crippen molar-refractivity contribution in [2.45, 2.75) is 13.0 Å². The van der Waals surface area contributed by atoms with Gasteiger partial charge in [0.1, 0.15) is 17.5 Å². The van der Waals surface area contributed by atoms with Crippen LogP contribution in [0.4, 0.5) is 5.82 Å². The molecule has 0 saturated carbocycles. The molecule has 0 spiro atoms. The van der Waals surface area contributed by atoms with Gasteiger partial charge in [0.2, 0.25) is 0 Å². The molecule has 0 radical (unpaired) electrons. The van der Waals surface area contributed by atoms with Crippen molar-refractivity contribution in [1.29, 1.82) is 5.26 Å². The van der Waals surface area contributed by atoms with E-state index in [-0.39, 0.29) is 5.82 Å². The number of anilines is 1. The highest BCUT2D eigenvalue weighted by molar-refractivity contribution is 6.33. The average Bonchev–Trinajstić information content (AvgIpc) is 2.47. The van der Waals surface area contributed by atoms with Crippen molar-refractivity contribution in [3.8, 4) is 17.2 Å². The zero-order valence-corrected chi connectivity index (χ0v) is 12.5. The summed E-state index contributed by atoms with van der Waals surface area (Å²) in [6.45, 7) is 1.69. The minimum absolute atomic E-state index is 0.288. The Labute approximate surface area is 128 Å². The van der Waals surface area contributed by atoms with Crippen LogP contribution in [0.1, 0.15) is 16.8 Å². The van der Waals surface area contributed by atoms with Crippen LogP contribution < -0.4 is 5.73 Å². The predicted molar refractivity (Wildman–Crippen MR) is 83.8 cm³/mol. The molecule has 0 unspecified atom stereocenters. The van der Waals surface area contributed by atoms with Gasteiger partial charge in [-0.1, -0.05) is 29.8 Å². The van der Waals surface area contributed by atoms with E-state index < -0.39 is 0 Å². The molecule has 0 bridgehead atoms. The van der Waals surface area contributed by atoms with Crippen molar-refractivity contribution < 1.29 is 0 Å². The second-order valence-corrected chi connectivity index (χ2v) is 5.66. The number of halogens is 1. The van der Waals surface area contributed by atoms with Crippen LogP contribution in [0.2, 0.25) is 5.02 Å². The van der Waals surface area contributed by atoms with Crippen LogP contribution in [0.15, 0.2) is 24.3 Å². The molecule has 3 rings (SSSR count). The lowest BCUT2D eigenvalue weighted by Crippen LogP contribution is -2.28. The van der Waals surface area contributed by atoms with E-state index in [1.807, 2.05) is 24.3 Å². The van der Waals surface area contributed by atoms with E-state index >= 15 is 0 Å².